The molecule has 1 fully saturated rings. The van der Waals surface area contributed by atoms with Gasteiger partial charge in [-0.05, 0) is 26.3 Å². The van der Waals surface area contributed by atoms with Gasteiger partial charge in [-0.1, -0.05) is 6.92 Å². The van der Waals surface area contributed by atoms with Crippen molar-refractivity contribution in [2.45, 2.75) is 38.8 Å². The van der Waals surface area contributed by atoms with Crippen LogP contribution in [0.5, 0.6) is 0 Å². The van der Waals surface area contributed by atoms with Crippen LogP contribution in [0.4, 0.5) is 0 Å². The Morgan fingerprint density at radius 1 is 1.47 bits per heavy atom. The molecular formula is C12H25N3O2. The van der Waals surface area contributed by atoms with E-state index >= 15 is 0 Å². The third-order valence-corrected chi connectivity index (χ3v) is 3.17. The molecule has 1 heterocycles. The summed E-state index contributed by atoms with van der Waals surface area (Å²) in [6.07, 6.45) is 2.49. The lowest BCUT2D eigenvalue weighted by molar-refractivity contribution is -0.120. The maximum Gasteiger partial charge on any atom is 0.235 e. The molecule has 0 radical (unpaired) electrons. The number of nitrogens with zero attached hydrogens (tertiary/aromatic N) is 1. The van der Waals surface area contributed by atoms with E-state index in [0.717, 1.165) is 39.1 Å². The second-order valence-electron chi connectivity index (χ2n) is 4.47. The Hall–Kier alpha value is -0.650. The summed E-state index contributed by atoms with van der Waals surface area (Å²) in [5.41, 5.74) is 5.36. The van der Waals surface area contributed by atoms with Gasteiger partial charge in [-0.2, -0.15) is 0 Å². The Balaban J connectivity index is 2.30. The lowest BCUT2D eigenvalue weighted by Gasteiger charge is -2.33. The molecule has 0 aliphatic carbocycles. The molecule has 1 aliphatic heterocycles. The Morgan fingerprint density at radius 2 is 2.12 bits per heavy atom. The number of hydrogen-bond acceptors (Lipinski definition) is 4. The Bertz CT molecular complexity index is 228. The number of carbonyl (C=O) groups is 1. The molecule has 17 heavy (non-hydrogen) atoms. The molecule has 5 heteroatoms. The molecule has 0 aromatic carbocycles. The largest absolute Gasteiger partial charge is 0.378 e. The van der Waals surface area contributed by atoms with Crippen LogP contribution in [-0.4, -0.2) is 55.7 Å². The molecule has 3 N–H and O–H groups in total. The molecule has 0 saturated carbocycles. The zero-order valence-electron chi connectivity index (χ0n) is 10.9. The number of nitrogens with two attached hydrogens (primary N) is 1. The molecule has 1 atom stereocenters. The average Bonchev–Trinajstić information content (AvgIpc) is 2.31. The van der Waals surface area contributed by atoms with Crippen LogP contribution in [0.1, 0.15) is 26.7 Å². The molecule has 1 aliphatic rings. The van der Waals surface area contributed by atoms with Crippen molar-refractivity contribution in [3.63, 3.8) is 0 Å². The van der Waals surface area contributed by atoms with Crippen LogP contribution in [0.3, 0.4) is 0 Å². The van der Waals surface area contributed by atoms with E-state index in [1.807, 2.05) is 13.8 Å². The third-order valence-electron chi connectivity index (χ3n) is 3.17. The molecule has 0 aromatic rings. The van der Waals surface area contributed by atoms with Crippen molar-refractivity contribution in [3.05, 3.63) is 0 Å². The normalized spacial score (nSPS) is 20.4. The van der Waals surface area contributed by atoms with Crippen molar-refractivity contribution >= 4 is 5.91 Å². The highest BCUT2D eigenvalue weighted by atomic mass is 16.5. The molecular weight excluding hydrogens is 218 g/mol. The van der Waals surface area contributed by atoms with Gasteiger partial charge < -0.3 is 20.7 Å². The summed E-state index contributed by atoms with van der Waals surface area (Å²) in [7, 11) is 0. The summed E-state index contributed by atoms with van der Waals surface area (Å²) in [5.74, 6) is -0.265. The summed E-state index contributed by atoms with van der Waals surface area (Å²) in [4.78, 5) is 13.5. The Morgan fingerprint density at radius 3 is 2.59 bits per heavy atom. The van der Waals surface area contributed by atoms with Crippen LogP contribution >= 0.6 is 0 Å². The maximum atomic E-state index is 11.2. The highest BCUT2D eigenvalue weighted by molar-refractivity contribution is 5.80. The zero-order valence-corrected chi connectivity index (χ0v) is 10.9. The third kappa shape index (κ3) is 5.02. The van der Waals surface area contributed by atoms with E-state index in [4.69, 9.17) is 10.5 Å². The highest BCUT2D eigenvalue weighted by Crippen LogP contribution is 2.13. The molecule has 1 unspecified atom stereocenters. The molecule has 1 amide bonds. The summed E-state index contributed by atoms with van der Waals surface area (Å²) >= 11 is 0. The van der Waals surface area contributed by atoms with Crippen LogP contribution in [-0.2, 0) is 9.53 Å². The van der Waals surface area contributed by atoms with Gasteiger partial charge in [0.2, 0.25) is 5.91 Å². The number of rotatable bonds is 7. The number of piperidine rings is 1. The molecule has 1 rings (SSSR count). The maximum absolute atomic E-state index is 11.2. The number of likely N-dealkylation sites (N-methyl/N-ethyl adjacent to an activating group) is 1. The van der Waals surface area contributed by atoms with Gasteiger partial charge in [0.15, 0.2) is 0 Å². The predicted molar refractivity (Wildman–Crippen MR) is 67.7 cm³/mol. The van der Waals surface area contributed by atoms with Crippen LogP contribution in [0.25, 0.3) is 0 Å². The van der Waals surface area contributed by atoms with Crippen LogP contribution in [0, 0.1) is 0 Å². The molecule has 0 spiro atoms. The van der Waals surface area contributed by atoms with Crippen molar-refractivity contribution in [1.29, 1.82) is 0 Å². The Kier molecular flexibility index (Phi) is 6.47. The van der Waals surface area contributed by atoms with Gasteiger partial charge in [-0.25, -0.2) is 0 Å². The first-order valence-electron chi connectivity index (χ1n) is 6.54. The topological polar surface area (TPSA) is 67.6 Å². The van der Waals surface area contributed by atoms with Crippen molar-refractivity contribution in [3.8, 4) is 0 Å². The van der Waals surface area contributed by atoms with Gasteiger partial charge in [0, 0.05) is 26.2 Å². The first-order chi connectivity index (χ1) is 8.17. The highest BCUT2D eigenvalue weighted by Gasteiger charge is 2.23. The number of amides is 1. The summed E-state index contributed by atoms with van der Waals surface area (Å²) in [5, 5.41) is 3.12. The van der Waals surface area contributed by atoms with Crippen LogP contribution in [0.2, 0.25) is 0 Å². The lowest BCUT2D eigenvalue weighted by Crippen LogP contribution is -2.51. The number of primary amides is 1. The number of carbonyl (C=O) groups excluding carboxylic acids is 1. The fourth-order valence-electron chi connectivity index (χ4n) is 2.25. The fourth-order valence-corrected chi connectivity index (χ4v) is 2.25. The van der Waals surface area contributed by atoms with Gasteiger partial charge in [-0.3, -0.25) is 4.79 Å². The number of ether oxygens (including phenoxy) is 1. The quantitative estimate of drug-likeness (QED) is 0.658. The van der Waals surface area contributed by atoms with E-state index in [0.29, 0.717) is 12.6 Å². The first-order valence-corrected chi connectivity index (χ1v) is 6.54. The molecule has 0 aromatic heterocycles. The van der Waals surface area contributed by atoms with Crippen molar-refractivity contribution < 1.29 is 9.53 Å². The van der Waals surface area contributed by atoms with Gasteiger partial charge in [0.1, 0.15) is 0 Å². The second-order valence-corrected chi connectivity index (χ2v) is 4.47. The molecule has 0 bridgehead atoms. The van der Waals surface area contributed by atoms with Gasteiger partial charge in [-0.15, -0.1) is 0 Å². The zero-order chi connectivity index (χ0) is 12.7. The minimum atomic E-state index is -0.265. The SMILES string of the molecule is CCNC(CN1CCC(OCC)CC1)C(N)=O. The predicted octanol–water partition coefficient (Wildman–Crippen LogP) is -0.0493. The van der Waals surface area contributed by atoms with Crippen molar-refractivity contribution in [2.24, 2.45) is 5.73 Å². The number of likely N-dealkylation sites (tertiary alicyclic amines) is 1. The monoisotopic (exact) mass is 243 g/mol. The van der Waals surface area contributed by atoms with Crippen molar-refractivity contribution in [2.75, 3.05) is 32.8 Å². The average molecular weight is 243 g/mol. The van der Waals surface area contributed by atoms with Crippen molar-refractivity contribution in [1.82, 2.24) is 10.2 Å². The summed E-state index contributed by atoms with van der Waals surface area (Å²) in [6.45, 7) is 8.24. The number of hydrogen-bond donors (Lipinski definition) is 2. The fraction of sp³-hybridized carbons (Fsp3) is 0.917. The Labute approximate surface area is 104 Å². The summed E-state index contributed by atoms with van der Waals surface area (Å²) in [6, 6.07) is -0.233. The van der Waals surface area contributed by atoms with Gasteiger partial charge in [0.05, 0.1) is 12.1 Å². The van der Waals surface area contributed by atoms with E-state index in [1.54, 1.807) is 0 Å². The standard InChI is InChI=1S/C12H25N3O2/c1-3-14-11(12(13)16)9-15-7-5-10(6-8-15)17-4-2/h10-11,14H,3-9H2,1-2H3,(H2,13,16). The van der Waals surface area contributed by atoms with E-state index in [1.165, 1.54) is 0 Å². The summed E-state index contributed by atoms with van der Waals surface area (Å²) < 4.78 is 5.60. The minimum Gasteiger partial charge on any atom is -0.378 e. The van der Waals surface area contributed by atoms with Crippen LogP contribution < -0.4 is 11.1 Å². The number of nitrogens with one attached hydrogen (secondary N) is 1. The van der Waals surface area contributed by atoms with E-state index < -0.39 is 0 Å². The lowest BCUT2D eigenvalue weighted by atomic mass is 10.1. The van der Waals surface area contributed by atoms with E-state index in [-0.39, 0.29) is 11.9 Å². The van der Waals surface area contributed by atoms with Gasteiger partial charge in [0.25, 0.3) is 0 Å². The molecule has 1 saturated heterocycles. The van der Waals surface area contributed by atoms with E-state index in [2.05, 4.69) is 10.2 Å². The van der Waals surface area contributed by atoms with E-state index in [9.17, 15) is 4.79 Å². The molecule has 5 nitrogen and oxygen atoms in total. The minimum absolute atomic E-state index is 0.233. The molecule has 100 valence electrons. The van der Waals surface area contributed by atoms with Gasteiger partial charge >= 0.3 is 0 Å². The first kappa shape index (κ1) is 14.4. The van der Waals surface area contributed by atoms with Crippen LogP contribution in [0.15, 0.2) is 0 Å². The smallest absolute Gasteiger partial charge is 0.235 e. The second kappa shape index (κ2) is 7.63.